The maximum absolute atomic E-state index is 12.5. The number of likely N-dealkylation sites (N-methyl/N-ethyl adjacent to an activating group) is 1. The summed E-state index contributed by atoms with van der Waals surface area (Å²) in [7, 11) is 2.03. The van der Waals surface area contributed by atoms with Crippen LogP contribution in [0.25, 0.3) is 0 Å². The van der Waals surface area contributed by atoms with Crippen molar-refractivity contribution in [1.29, 1.82) is 0 Å². The highest BCUT2D eigenvalue weighted by Gasteiger charge is 2.33. The van der Waals surface area contributed by atoms with Crippen LogP contribution in [0.4, 0.5) is 0 Å². The summed E-state index contributed by atoms with van der Waals surface area (Å²) in [6, 6.07) is 10.5. The molecule has 0 radical (unpaired) electrons. The minimum atomic E-state index is -0.305. The zero-order valence-corrected chi connectivity index (χ0v) is 14.5. The SMILES string of the molecule is CN1CCO[C@@H](C(=O)N2CC[C@H](OCCCc3ccccc3)C2)C1. The van der Waals surface area contributed by atoms with Crippen LogP contribution in [0.2, 0.25) is 0 Å². The van der Waals surface area contributed by atoms with Gasteiger partial charge in [0, 0.05) is 32.8 Å². The molecule has 3 rings (SSSR count). The first-order valence-electron chi connectivity index (χ1n) is 8.97. The molecule has 2 atom stereocenters. The van der Waals surface area contributed by atoms with Crippen molar-refractivity contribution in [1.82, 2.24) is 9.80 Å². The van der Waals surface area contributed by atoms with Gasteiger partial charge in [0.15, 0.2) is 0 Å². The molecule has 0 aliphatic carbocycles. The second-order valence-corrected chi connectivity index (χ2v) is 6.78. The van der Waals surface area contributed by atoms with Gasteiger partial charge in [-0.3, -0.25) is 4.79 Å². The highest BCUT2D eigenvalue weighted by Crippen LogP contribution is 2.17. The molecule has 0 spiro atoms. The van der Waals surface area contributed by atoms with Crippen LogP contribution >= 0.6 is 0 Å². The number of amides is 1. The first-order valence-corrected chi connectivity index (χ1v) is 8.97. The molecule has 5 heteroatoms. The summed E-state index contributed by atoms with van der Waals surface area (Å²) in [5.74, 6) is 0.122. The molecule has 2 fully saturated rings. The number of ether oxygens (including phenoxy) is 2. The second kappa shape index (κ2) is 8.60. The van der Waals surface area contributed by atoms with Gasteiger partial charge in [0.2, 0.25) is 0 Å². The van der Waals surface area contributed by atoms with E-state index in [1.807, 2.05) is 18.0 Å². The van der Waals surface area contributed by atoms with Gasteiger partial charge >= 0.3 is 0 Å². The first kappa shape index (κ1) is 17.4. The molecule has 0 N–H and O–H groups in total. The van der Waals surface area contributed by atoms with E-state index in [0.717, 1.165) is 39.0 Å². The monoisotopic (exact) mass is 332 g/mol. The molecule has 132 valence electrons. The molecular weight excluding hydrogens is 304 g/mol. The Labute approximate surface area is 144 Å². The number of hydrogen-bond acceptors (Lipinski definition) is 4. The van der Waals surface area contributed by atoms with Gasteiger partial charge in [0.05, 0.1) is 12.7 Å². The Morgan fingerprint density at radius 2 is 2.08 bits per heavy atom. The molecule has 24 heavy (non-hydrogen) atoms. The molecule has 2 saturated heterocycles. The lowest BCUT2D eigenvalue weighted by Crippen LogP contribution is -2.49. The zero-order valence-electron chi connectivity index (χ0n) is 14.5. The Kier molecular flexibility index (Phi) is 6.24. The minimum absolute atomic E-state index is 0.122. The quantitative estimate of drug-likeness (QED) is 0.742. The zero-order chi connectivity index (χ0) is 16.8. The number of morpholine rings is 1. The number of hydrogen-bond donors (Lipinski definition) is 0. The molecule has 2 aliphatic heterocycles. The lowest BCUT2D eigenvalue weighted by molar-refractivity contribution is -0.148. The Morgan fingerprint density at radius 3 is 2.88 bits per heavy atom. The van der Waals surface area contributed by atoms with Crippen molar-refractivity contribution in [2.45, 2.75) is 31.5 Å². The van der Waals surface area contributed by atoms with E-state index in [1.54, 1.807) is 0 Å². The third-order valence-corrected chi connectivity index (χ3v) is 4.81. The van der Waals surface area contributed by atoms with Crippen molar-refractivity contribution in [3.63, 3.8) is 0 Å². The fourth-order valence-electron chi connectivity index (χ4n) is 3.37. The van der Waals surface area contributed by atoms with Gasteiger partial charge in [-0.15, -0.1) is 0 Å². The summed E-state index contributed by atoms with van der Waals surface area (Å²) < 4.78 is 11.6. The van der Waals surface area contributed by atoms with Gasteiger partial charge in [0.1, 0.15) is 6.10 Å². The molecule has 0 unspecified atom stereocenters. The Hall–Kier alpha value is -1.43. The summed E-state index contributed by atoms with van der Waals surface area (Å²) in [5.41, 5.74) is 1.35. The molecule has 2 aliphatic rings. The maximum atomic E-state index is 12.5. The predicted molar refractivity (Wildman–Crippen MR) is 92.9 cm³/mol. The predicted octanol–water partition coefficient (Wildman–Crippen LogP) is 1.57. The largest absolute Gasteiger partial charge is 0.376 e. The van der Waals surface area contributed by atoms with E-state index in [0.29, 0.717) is 19.7 Å². The second-order valence-electron chi connectivity index (χ2n) is 6.78. The molecule has 0 aromatic heterocycles. The Morgan fingerprint density at radius 1 is 1.25 bits per heavy atom. The van der Waals surface area contributed by atoms with E-state index in [9.17, 15) is 4.79 Å². The van der Waals surface area contributed by atoms with Crippen molar-refractivity contribution < 1.29 is 14.3 Å². The Bertz CT molecular complexity index is 523. The lowest BCUT2D eigenvalue weighted by Gasteiger charge is -2.31. The molecule has 2 heterocycles. The van der Waals surface area contributed by atoms with Crippen molar-refractivity contribution in [2.75, 3.05) is 46.4 Å². The summed E-state index contributed by atoms with van der Waals surface area (Å²) in [6.07, 6.45) is 2.86. The fraction of sp³-hybridized carbons (Fsp3) is 0.632. The molecule has 1 aromatic rings. The van der Waals surface area contributed by atoms with Crippen molar-refractivity contribution in [3.8, 4) is 0 Å². The maximum Gasteiger partial charge on any atom is 0.253 e. The fourth-order valence-corrected chi connectivity index (χ4v) is 3.37. The van der Waals surface area contributed by atoms with Crippen molar-refractivity contribution >= 4 is 5.91 Å². The van der Waals surface area contributed by atoms with Gasteiger partial charge in [-0.05, 0) is 31.9 Å². The standard InChI is InChI=1S/C19H28N2O3/c1-20-11-13-24-18(15-20)19(22)21-10-9-17(14-21)23-12-5-8-16-6-3-2-4-7-16/h2-4,6-7,17-18H,5,8-15H2,1H3/t17-,18+/m0/s1. The van der Waals surface area contributed by atoms with E-state index in [1.165, 1.54) is 5.56 Å². The van der Waals surface area contributed by atoms with Crippen LogP contribution < -0.4 is 0 Å². The molecule has 1 aromatic carbocycles. The molecule has 0 bridgehead atoms. The van der Waals surface area contributed by atoms with Gasteiger partial charge in [-0.2, -0.15) is 0 Å². The van der Waals surface area contributed by atoms with Gasteiger partial charge in [-0.1, -0.05) is 30.3 Å². The van der Waals surface area contributed by atoms with E-state index < -0.39 is 0 Å². The van der Waals surface area contributed by atoms with Crippen LogP contribution in [-0.2, 0) is 20.7 Å². The van der Waals surface area contributed by atoms with Crippen LogP contribution in [0.3, 0.4) is 0 Å². The summed E-state index contributed by atoms with van der Waals surface area (Å²) in [6.45, 7) is 4.47. The summed E-state index contributed by atoms with van der Waals surface area (Å²) in [4.78, 5) is 16.6. The number of benzene rings is 1. The average Bonchev–Trinajstić information content (AvgIpc) is 3.08. The minimum Gasteiger partial charge on any atom is -0.376 e. The third-order valence-electron chi connectivity index (χ3n) is 4.81. The van der Waals surface area contributed by atoms with Crippen LogP contribution in [-0.4, -0.2) is 74.4 Å². The van der Waals surface area contributed by atoms with E-state index >= 15 is 0 Å². The number of aryl methyl sites for hydroxylation is 1. The van der Waals surface area contributed by atoms with E-state index in [4.69, 9.17) is 9.47 Å². The third kappa shape index (κ3) is 4.79. The number of likely N-dealkylation sites (tertiary alicyclic amines) is 1. The van der Waals surface area contributed by atoms with E-state index in [2.05, 4.69) is 29.2 Å². The number of carbonyl (C=O) groups is 1. The van der Waals surface area contributed by atoms with Gasteiger partial charge < -0.3 is 19.3 Å². The van der Waals surface area contributed by atoms with E-state index in [-0.39, 0.29) is 18.1 Å². The topological polar surface area (TPSA) is 42.0 Å². The van der Waals surface area contributed by atoms with Crippen LogP contribution in [0.5, 0.6) is 0 Å². The van der Waals surface area contributed by atoms with Gasteiger partial charge in [-0.25, -0.2) is 0 Å². The van der Waals surface area contributed by atoms with Crippen LogP contribution in [0.15, 0.2) is 30.3 Å². The van der Waals surface area contributed by atoms with Crippen LogP contribution in [0.1, 0.15) is 18.4 Å². The normalized spacial score (nSPS) is 25.1. The summed E-state index contributed by atoms with van der Waals surface area (Å²) >= 11 is 0. The first-order chi connectivity index (χ1) is 11.7. The Balaban J connectivity index is 1.35. The van der Waals surface area contributed by atoms with Crippen molar-refractivity contribution in [2.24, 2.45) is 0 Å². The highest BCUT2D eigenvalue weighted by atomic mass is 16.5. The lowest BCUT2D eigenvalue weighted by atomic mass is 10.1. The molecule has 5 nitrogen and oxygen atoms in total. The van der Waals surface area contributed by atoms with Crippen LogP contribution in [0, 0.1) is 0 Å². The summed E-state index contributed by atoms with van der Waals surface area (Å²) in [5, 5.41) is 0. The average molecular weight is 332 g/mol. The number of rotatable bonds is 6. The van der Waals surface area contributed by atoms with Crippen molar-refractivity contribution in [3.05, 3.63) is 35.9 Å². The van der Waals surface area contributed by atoms with Gasteiger partial charge in [0.25, 0.3) is 5.91 Å². The molecule has 1 amide bonds. The smallest absolute Gasteiger partial charge is 0.253 e. The molecule has 0 saturated carbocycles. The number of nitrogens with zero attached hydrogens (tertiary/aromatic N) is 2. The number of carbonyl (C=O) groups excluding carboxylic acids is 1. The molecular formula is C19H28N2O3. The highest BCUT2D eigenvalue weighted by molar-refractivity contribution is 5.81.